The van der Waals surface area contributed by atoms with Crippen molar-refractivity contribution in [3.63, 3.8) is 0 Å². The van der Waals surface area contributed by atoms with Gasteiger partial charge in [-0.25, -0.2) is 0 Å². The number of benzene rings is 10. The third-order valence-electron chi connectivity index (χ3n) is 11.1. The molecule has 57 heavy (non-hydrogen) atoms. The van der Waals surface area contributed by atoms with Crippen molar-refractivity contribution in [2.24, 2.45) is 0 Å². The van der Waals surface area contributed by atoms with Crippen LogP contribution in [0.25, 0.3) is 77.2 Å². The maximum Gasteiger partial charge on any atom is 0.0468 e. The lowest BCUT2D eigenvalue weighted by Gasteiger charge is -2.27. The van der Waals surface area contributed by atoms with E-state index in [1.165, 1.54) is 77.2 Å². The molecule has 10 aromatic rings. The van der Waals surface area contributed by atoms with Gasteiger partial charge in [-0.3, -0.25) is 0 Å². The Kier molecular flexibility index (Phi) is 8.95. The first-order chi connectivity index (χ1) is 28.3. The predicted octanol–water partition coefficient (Wildman–Crippen LogP) is 15.8. The lowest BCUT2D eigenvalue weighted by molar-refractivity contribution is 1.28. The van der Waals surface area contributed by atoms with Gasteiger partial charge in [0.15, 0.2) is 0 Å². The van der Waals surface area contributed by atoms with Crippen LogP contribution < -0.4 is 4.90 Å². The van der Waals surface area contributed by atoms with E-state index in [1.54, 1.807) is 0 Å². The highest BCUT2D eigenvalue weighted by Gasteiger charge is 2.21. The second-order valence-corrected chi connectivity index (χ2v) is 14.4. The average Bonchev–Trinajstić information content (AvgIpc) is 3.30. The number of hydrogen-bond donors (Lipinski definition) is 0. The van der Waals surface area contributed by atoms with Crippen molar-refractivity contribution in [3.8, 4) is 55.6 Å². The van der Waals surface area contributed by atoms with Crippen LogP contribution in [-0.4, -0.2) is 0 Å². The van der Waals surface area contributed by atoms with Gasteiger partial charge in [0.05, 0.1) is 0 Å². The summed E-state index contributed by atoms with van der Waals surface area (Å²) in [6.45, 7) is 0. The van der Waals surface area contributed by atoms with Crippen LogP contribution in [0, 0.1) is 0 Å². The molecule has 1 heteroatoms. The molecule has 0 spiro atoms. The first-order valence-electron chi connectivity index (χ1n) is 19.6. The molecule has 0 fully saturated rings. The van der Waals surface area contributed by atoms with E-state index in [4.69, 9.17) is 0 Å². The summed E-state index contributed by atoms with van der Waals surface area (Å²) < 4.78 is 0. The van der Waals surface area contributed by atoms with Gasteiger partial charge < -0.3 is 4.90 Å². The Bertz CT molecular complexity index is 2960. The lowest BCUT2D eigenvalue weighted by atomic mass is 9.83. The third kappa shape index (κ3) is 6.36. The van der Waals surface area contributed by atoms with E-state index < -0.39 is 0 Å². The van der Waals surface area contributed by atoms with Crippen molar-refractivity contribution in [1.82, 2.24) is 0 Å². The van der Waals surface area contributed by atoms with Crippen molar-refractivity contribution in [3.05, 3.63) is 237 Å². The van der Waals surface area contributed by atoms with Gasteiger partial charge in [0.1, 0.15) is 0 Å². The van der Waals surface area contributed by atoms with E-state index in [1.807, 2.05) is 0 Å². The standard InChI is InChI=1S/C56H39N/c1-6-19-40(20-7-1)48-38-37-47(39-53(48)41-21-8-2-9-22-41)57(45-27-14-5-15-28-45)46-35-33-42(34-36-46)49-31-18-32-52-55(44-25-12-4-13-26-44)54(43-23-10-3-11-24-43)50-29-16-17-30-51(50)56(49)52/h1-39H. The average molecular weight is 726 g/mol. The lowest BCUT2D eigenvalue weighted by Crippen LogP contribution is -2.10. The minimum absolute atomic E-state index is 1.10. The molecule has 0 radical (unpaired) electrons. The SMILES string of the molecule is c1ccc(-c2ccc(N(c3ccccc3)c3ccc(-c4cccc5c(-c6ccccc6)c(-c6ccccc6)c6ccccc6c45)cc3)cc2-c2ccccc2)cc1. The van der Waals surface area contributed by atoms with E-state index in [0.717, 1.165) is 17.1 Å². The summed E-state index contributed by atoms with van der Waals surface area (Å²) >= 11 is 0. The zero-order valence-electron chi connectivity index (χ0n) is 31.5. The highest BCUT2D eigenvalue weighted by molar-refractivity contribution is 6.25. The van der Waals surface area contributed by atoms with E-state index >= 15 is 0 Å². The third-order valence-corrected chi connectivity index (χ3v) is 11.1. The molecule has 0 heterocycles. The minimum Gasteiger partial charge on any atom is -0.310 e. The maximum absolute atomic E-state index is 2.36. The van der Waals surface area contributed by atoms with Crippen molar-refractivity contribution in [2.75, 3.05) is 4.90 Å². The molecule has 0 unspecified atom stereocenters. The number of para-hydroxylation sites is 1. The second kappa shape index (κ2) is 15.0. The Hall–Kier alpha value is -7.48. The van der Waals surface area contributed by atoms with E-state index in [0.29, 0.717) is 0 Å². The van der Waals surface area contributed by atoms with Crippen LogP contribution in [0.3, 0.4) is 0 Å². The van der Waals surface area contributed by atoms with Gasteiger partial charge in [-0.05, 0) is 114 Å². The zero-order chi connectivity index (χ0) is 38.0. The second-order valence-electron chi connectivity index (χ2n) is 14.4. The first-order valence-corrected chi connectivity index (χ1v) is 19.6. The fourth-order valence-electron chi connectivity index (χ4n) is 8.50. The number of rotatable bonds is 8. The highest BCUT2D eigenvalue weighted by atomic mass is 15.1. The Balaban J connectivity index is 1.15. The molecule has 0 aliphatic rings. The predicted molar refractivity (Wildman–Crippen MR) is 243 cm³/mol. The molecule has 0 saturated carbocycles. The fraction of sp³-hybridized carbons (Fsp3) is 0. The van der Waals surface area contributed by atoms with E-state index in [9.17, 15) is 0 Å². The summed E-state index contributed by atoms with van der Waals surface area (Å²) in [4.78, 5) is 2.36. The molecule has 1 nitrogen and oxygen atoms in total. The fourth-order valence-corrected chi connectivity index (χ4v) is 8.50. The monoisotopic (exact) mass is 725 g/mol. The van der Waals surface area contributed by atoms with Gasteiger partial charge in [0.2, 0.25) is 0 Å². The first kappa shape index (κ1) is 34.0. The molecule has 0 atom stereocenters. The van der Waals surface area contributed by atoms with Crippen LogP contribution >= 0.6 is 0 Å². The quantitative estimate of drug-likeness (QED) is 0.141. The summed E-state index contributed by atoms with van der Waals surface area (Å²) in [5.74, 6) is 0. The Morgan fingerprint density at radius 2 is 0.649 bits per heavy atom. The summed E-state index contributed by atoms with van der Waals surface area (Å²) in [7, 11) is 0. The van der Waals surface area contributed by atoms with Crippen LogP contribution in [0.5, 0.6) is 0 Å². The van der Waals surface area contributed by atoms with Crippen molar-refractivity contribution in [1.29, 1.82) is 0 Å². The zero-order valence-corrected chi connectivity index (χ0v) is 31.5. The number of fused-ring (bicyclic) bond motifs is 3. The Morgan fingerprint density at radius 3 is 1.25 bits per heavy atom. The van der Waals surface area contributed by atoms with Crippen molar-refractivity contribution in [2.45, 2.75) is 0 Å². The molecule has 0 amide bonds. The molecule has 0 aromatic heterocycles. The Labute approximate surface area is 334 Å². The molecule has 0 aliphatic carbocycles. The van der Waals surface area contributed by atoms with Gasteiger partial charge in [-0.15, -0.1) is 0 Å². The molecular formula is C56H39N. The molecule has 268 valence electrons. The highest BCUT2D eigenvalue weighted by Crippen LogP contribution is 2.48. The Morgan fingerprint density at radius 1 is 0.228 bits per heavy atom. The topological polar surface area (TPSA) is 3.24 Å². The van der Waals surface area contributed by atoms with Crippen LogP contribution in [0.15, 0.2) is 237 Å². The van der Waals surface area contributed by atoms with Crippen LogP contribution in [-0.2, 0) is 0 Å². The summed E-state index contributed by atoms with van der Waals surface area (Å²) in [5, 5.41) is 5.02. The molecule has 0 aliphatic heterocycles. The summed E-state index contributed by atoms with van der Waals surface area (Å²) in [5.41, 5.74) is 15.5. The van der Waals surface area contributed by atoms with E-state index in [-0.39, 0.29) is 0 Å². The molecular weight excluding hydrogens is 687 g/mol. The van der Waals surface area contributed by atoms with Gasteiger partial charge in [0, 0.05) is 17.1 Å². The largest absolute Gasteiger partial charge is 0.310 e. The number of nitrogens with zero attached hydrogens (tertiary/aromatic N) is 1. The van der Waals surface area contributed by atoms with Gasteiger partial charge >= 0.3 is 0 Å². The minimum atomic E-state index is 1.10. The maximum atomic E-state index is 2.36. The van der Waals surface area contributed by atoms with Gasteiger partial charge in [-0.1, -0.05) is 200 Å². The molecule has 0 bridgehead atoms. The molecule has 0 N–H and O–H groups in total. The molecule has 0 saturated heterocycles. The number of hydrogen-bond acceptors (Lipinski definition) is 1. The van der Waals surface area contributed by atoms with Crippen LogP contribution in [0.2, 0.25) is 0 Å². The van der Waals surface area contributed by atoms with E-state index in [2.05, 4.69) is 241 Å². The number of anilines is 3. The van der Waals surface area contributed by atoms with Crippen molar-refractivity contribution >= 4 is 38.6 Å². The summed E-state index contributed by atoms with van der Waals surface area (Å²) in [6.07, 6.45) is 0. The van der Waals surface area contributed by atoms with Gasteiger partial charge in [-0.2, -0.15) is 0 Å². The van der Waals surface area contributed by atoms with Crippen LogP contribution in [0.4, 0.5) is 17.1 Å². The smallest absolute Gasteiger partial charge is 0.0468 e. The van der Waals surface area contributed by atoms with Gasteiger partial charge in [0.25, 0.3) is 0 Å². The molecule has 10 aromatic carbocycles. The summed E-state index contributed by atoms with van der Waals surface area (Å²) in [6, 6.07) is 85.5. The van der Waals surface area contributed by atoms with Crippen molar-refractivity contribution < 1.29 is 0 Å². The normalized spacial score (nSPS) is 11.2. The molecule has 10 rings (SSSR count). The van der Waals surface area contributed by atoms with Crippen LogP contribution in [0.1, 0.15) is 0 Å².